The van der Waals surface area contributed by atoms with Crippen LogP contribution in [0.3, 0.4) is 0 Å². The van der Waals surface area contributed by atoms with Crippen molar-refractivity contribution in [2.45, 2.75) is 30.2 Å². The molecular formula is C14H15N3O4S. The topological polar surface area (TPSA) is 96.3 Å². The lowest BCUT2D eigenvalue weighted by molar-refractivity contribution is 0.411. The van der Waals surface area contributed by atoms with Crippen molar-refractivity contribution in [1.82, 2.24) is 8.87 Å². The Labute approximate surface area is 127 Å². The van der Waals surface area contributed by atoms with Gasteiger partial charge in [-0.3, -0.25) is 4.57 Å². The fourth-order valence-electron chi connectivity index (χ4n) is 2.43. The molecule has 1 heterocycles. The number of hydrogen-bond acceptors (Lipinski definition) is 5. The lowest BCUT2D eigenvalue weighted by Gasteiger charge is -2.20. The van der Waals surface area contributed by atoms with Crippen molar-refractivity contribution in [2.24, 2.45) is 7.05 Å². The van der Waals surface area contributed by atoms with Crippen LogP contribution in [0, 0.1) is 11.3 Å². The molecule has 0 amide bonds. The summed E-state index contributed by atoms with van der Waals surface area (Å²) >= 11 is 0. The van der Waals surface area contributed by atoms with Gasteiger partial charge >= 0.3 is 5.76 Å². The molecule has 0 saturated heterocycles. The SMILES string of the molecule is Cn1c(=O)oc2cc(S(=O)(=O)N(CCC#N)C3CC3)ccc21. The molecular weight excluding hydrogens is 306 g/mol. The Morgan fingerprint density at radius 1 is 1.45 bits per heavy atom. The summed E-state index contributed by atoms with van der Waals surface area (Å²) in [6.45, 7) is 0.181. The first kappa shape index (κ1) is 14.8. The summed E-state index contributed by atoms with van der Waals surface area (Å²) in [5.41, 5.74) is 0.781. The molecule has 1 aliphatic carbocycles. The quantitative estimate of drug-likeness (QED) is 0.824. The van der Waals surface area contributed by atoms with Gasteiger partial charge in [0.05, 0.1) is 16.5 Å². The van der Waals surface area contributed by atoms with Crippen LogP contribution < -0.4 is 5.76 Å². The molecule has 1 aromatic carbocycles. The van der Waals surface area contributed by atoms with E-state index in [2.05, 4.69) is 0 Å². The normalized spacial score (nSPS) is 15.3. The fourth-order valence-corrected chi connectivity index (χ4v) is 4.13. The number of benzene rings is 1. The average Bonchev–Trinajstić information content (AvgIpc) is 3.27. The number of nitriles is 1. The minimum absolute atomic E-state index is 0.0307. The molecule has 8 heteroatoms. The molecule has 0 radical (unpaired) electrons. The maximum absolute atomic E-state index is 12.7. The Kier molecular flexibility index (Phi) is 3.54. The van der Waals surface area contributed by atoms with E-state index in [0.717, 1.165) is 12.8 Å². The molecule has 0 N–H and O–H groups in total. The Hall–Kier alpha value is -2.11. The van der Waals surface area contributed by atoms with Gasteiger partial charge in [-0.15, -0.1) is 0 Å². The number of fused-ring (bicyclic) bond motifs is 1. The maximum Gasteiger partial charge on any atom is 0.419 e. The van der Waals surface area contributed by atoms with Crippen molar-refractivity contribution in [3.8, 4) is 6.07 Å². The van der Waals surface area contributed by atoms with Crippen LogP contribution in [-0.2, 0) is 17.1 Å². The van der Waals surface area contributed by atoms with E-state index in [0.29, 0.717) is 5.52 Å². The van der Waals surface area contributed by atoms with E-state index in [9.17, 15) is 13.2 Å². The molecule has 1 aromatic heterocycles. The third kappa shape index (κ3) is 2.42. The van der Waals surface area contributed by atoms with Gasteiger partial charge in [-0.05, 0) is 25.0 Å². The van der Waals surface area contributed by atoms with Gasteiger partial charge < -0.3 is 4.42 Å². The number of oxazole rings is 1. The zero-order valence-electron chi connectivity index (χ0n) is 12.0. The third-order valence-electron chi connectivity index (χ3n) is 3.77. The van der Waals surface area contributed by atoms with Gasteiger partial charge in [-0.25, -0.2) is 13.2 Å². The predicted molar refractivity (Wildman–Crippen MR) is 78.6 cm³/mol. The van der Waals surface area contributed by atoms with Crippen LogP contribution in [-0.4, -0.2) is 29.9 Å². The summed E-state index contributed by atoms with van der Waals surface area (Å²) in [5.74, 6) is -0.534. The summed E-state index contributed by atoms with van der Waals surface area (Å²) in [6, 6.07) is 6.34. The number of aryl methyl sites for hydroxylation is 1. The zero-order valence-corrected chi connectivity index (χ0v) is 12.8. The van der Waals surface area contributed by atoms with Crippen molar-refractivity contribution < 1.29 is 12.8 Å². The number of aromatic nitrogens is 1. The molecule has 0 aliphatic heterocycles. The lowest BCUT2D eigenvalue weighted by atomic mass is 10.3. The molecule has 7 nitrogen and oxygen atoms in total. The highest BCUT2D eigenvalue weighted by Crippen LogP contribution is 2.32. The van der Waals surface area contributed by atoms with Crippen LogP contribution in [0.2, 0.25) is 0 Å². The van der Waals surface area contributed by atoms with Crippen LogP contribution in [0.4, 0.5) is 0 Å². The first-order chi connectivity index (χ1) is 10.4. The van der Waals surface area contributed by atoms with Crippen LogP contribution in [0.5, 0.6) is 0 Å². The van der Waals surface area contributed by atoms with Crippen molar-refractivity contribution in [3.05, 3.63) is 28.7 Å². The summed E-state index contributed by atoms with van der Waals surface area (Å²) < 4.78 is 33.2. The van der Waals surface area contributed by atoms with E-state index in [1.807, 2.05) is 6.07 Å². The highest BCUT2D eigenvalue weighted by atomic mass is 32.2. The monoisotopic (exact) mass is 321 g/mol. The standard InChI is InChI=1S/C14H15N3O4S/c1-16-12-6-5-11(9-13(12)21-14(16)18)22(19,20)17(8-2-7-15)10-3-4-10/h5-6,9-10H,2-4,8H2,1H3. The van der Waals surface area contributed by atoms with Crippen LogP contribution in [0.1, 0.15) is 19.3 Å². The number of rotatable bonds is 5. The van der Waals surface area contributed by atoms with Crippen molar-refractivity contribution in [3.63, 3.8) is 0 Å². The van der Waals surface area contributed by atoms with E-state index >= 15 is 0 Å². The van der Waals surface area contributed by atoms with E-state index in [1.54, 1.807) is 13.1 Å². The van der Waals surface area contributed by atoms with Gasteiger partial charge in [0.25, 0.3) is 0 Å². The molecule has 1 fully saturated rings. The second-order valence-corrected chi connectivity index (χ2v) is 7.20. The molecule has 116 valence electrons. The minimum atomic E-state index is -3.69. The lowest BCUT2D eigenvalue weighted by Crippen LogP contribution is -2.33. The molecule has 0 unspecified atom stereocenters. The largest absolute Gasteiger partial charge is 0.419 e. The molecule has 2 aromatic rings. The molecule has 0 atom stereocenters. The molecule has 1 aliphatic rings. The van der Waals surface area contributed by atoms with E-state index in [4.69, 9.17) is 9.68 Å². The smallest absolute Gasteiger partial charge is 0.408 e. The van der Waals surface area contributed by atoms with Crippen molar-refractivity contribution in [1.29, 1.82) is 5.26 Å². The highest BCUT2D eigenvalue weighted by molar-refractivity contribution is 7.89. The number of nitrogens with zero attached hydrogens (tertiary/aromatic N) is 3. The first-order valence-electron chi connectivity index (χ1n) is 6.93. The summed E-state index contributed by atoms with van der Waals surface area (Å²) in [7, 11) is -2.13. The third-order valence-corrected chi connectivity index (χ3v) is 5.72. The Morgan fingerprint density at radius 2 is 2.18 bits per heavy atom. The molecule has 22 heavy (non-hydrogen) atoms. The van der Waals surface area contributed by atoms with Crippen molar-refractivity contribution in [2.75, 3.05) is 6.54 Å². The predicted octanol–water partition coefficient (Wildman–Crippen LogP) is 1.20. The zero-order chi connectivity index (χ0) is 15.9. The van der Waals surface area contributed by atoms with Gasteiger partial charge in [0.2, 0.25) is 10.0 Å². The maximum atomic E-state index is 12.7. The Bertz CT molecular complexity index is 916. The first-order valence-corrected chi connectivity index (χ1v) is 8.37. The summed E-state index contributed by atoms with van der Waals surface area (Å²) in [6.07, 6.45) is 1.78. The van der Waals surface area contributed by atoms with E-state index in [1.165, 1.54) is 21.0 Å². The molecule has 3 rings (SSSR count). The Balaban J connectivity index is 2.04. The van der Waals surface area contributed by atoms with Gasteiger partial charge in [-0.2, -0.15) is 9.57 Å². The van der Waals surface area contributed by atoms with Crippen LogP contribution in [0.15, 0.2) is 32.3 Å². The second kappa shape index (κ2) is 5.26. The van der Waals surface area contributed by atoms with E-state index < -0.39 is 15.8 Å². The van der Waals surface area contributed by atoms with Gasteiger partial charge in [0.1, 0.15) is 0 Å². The second-order valence-electron chi connectivity index (χ2n) is 5.31. The molecule has 0 bridgehead atoms. The number of sulfonamides is 1. The minimum Gasteiger partial charge on any atom is -0.408 e. The fraction of sp³-hybridized carbons (Fsp3) is 0.429. The number of hydrogen-bond donors (Lipinski definition) is 0. The summed E-state index contributed by atoms with van der Waals surface area (Å²) in [4.78, 5) is 11.6. The summed E-state index contributed by atoms with van der Waals surface area (Å²) in [5, 5.41) is 8.70. The Morgan fingerprint density at radius 3 is 2.82 bits per heavy atom. The molecule has 0 spiro atoms. The van der Waals surface area contributed by atoms with E-state index in [-0.39, 0.29) is 29.5 Å². The van der Waals surface area contributed by atoms with Crippen molar-refractivity contribution >= 4 is 21.1 Å². The van der Waals surface area contributed by atoms with Gasteiger partial charge in [-0.1, -0.05) is 0 Å². The highest BCUT2D eigenvalue weighted by Gasteiger charge is 2.37. The van der Waals surface area contributed by atoms with Crippen LogP contribution in [0.25, 0.3) is 11.1 Å². The molecule has 1 saturated carbocycles. The average molecular weight is 321 g/mol. The van der Waals surface area contributed by atoms with Crippen LogP contribution >= 0.6 is 0 Å². The van der Waals surface area contributed by atoms with Gasteiger partial charge in [0.15, 0.2) is 5.58 Å². The van der Waals surface area contributed by atoms with Gasteiger partial charge in [0, 0.05) is 32.1 Å².